The van der Waals surface area contributed by atoms with Crippen LogP contribution in [0.4, 0.5) is 0 Å². The molecule has 0 saturated carbocycles. The third kappa shape index (κ3) is 1.70. The molecule has 1 fully saturated rings. The zero-order chi connectivity index (χ0) is 7.56. The van der Waals surface area contributed by atoms with E-state index in [0.29, 0.717) is 12.0 Å². The number of ether oxygens (including phenoxy) is 1. The van der Waals surface area contributed by atoms with Crippen molar-refractivity contribution in [3.63, 3.8) is 0 Å². The van der Waals surface area contributed by atoms with Gasteiger partial charge in [0.2, 0.25) is 0 Å². The normalized spacial score (nSPS) is 41.7. The van der Waals surface area contributed by atoms with Gasteiger partial charge in [0, 0.05) is 5.92 Å². The second-order valence-corrected chi connectivity index (χ2v) is 3.14. The largest absolute Gasteiger partial charge is 0.393 e. The Morgan fingerprint density at radius 3 is 2.80 bits per heavy atom. The van der Waals surface area contributed by atoms with E-state index in [4.69, 9.17) is 4.74 Å². The van der Waals surface area contributed by atoms with Crippen LogP contribution in [0.5, 0.6) is 0 Å². The second kappa shape index (κ2) is 3.35. The van der Waals surface area contributed by atoms with Crippen molar-refractivity contribution in [1.82, 2.24) is 0 Å². The van der Waals surface area contributed by atoms with E-state index in [2.05, 4.69) is 6.92 Å². The SMILES string of the molecule is CC[C@H]1C[C@H](O)[C@@H](C)CO1. The number of hydrogen-bond donors (Lipinski definition) is 1. The van der Waals surface area contributed by atoms with E-state index in [9.17, 15) is 5.11 Å². The van der Waals surface area contributed by atoms with Gasteiger partial charge in [-0.1, -0.05) is 13.8 Å². The molecule has 0 aliphatic carbocycles. The van der Waals surface area contributed by atoms with Crippen molar-refractivity contribution in [2.75, 3.05) is 6.61 Å². The average Bonchev–Trinajstić information content (AvgIpc) is 1.95. The summed E-state index contributed by atoms with van der Waals surface area (Å²) >= 11 is 0. The zero-order valence-electron chi connectivity index (χ0n) is 6.71. The van der Waals surface area contributed by atoms with Crippen LogP contribution in [0.1, 0.15) is 26.7 Å². The molecule has 0 spiro atoms. The summed E-state index contributed by atoms with van der Waals surface area (Å²) in [4.78, 5) is 0. The Labute approximate surface area is 62.2 Å². The zero-order valence-corrected chi connectivity index (χ0v) is 6.71. The fourth-order valence-electron chi connectivity index (χ4n) is 1.25. The molecule has 1 rings (SSSR count). The summed E-state index contributed by atoms with van der Waals surface area (Å²) in [6, 6.07) is 0. The van der Waals surface area contributed by atoms with Crippen molar-refractivity contribution in [3.05, 3.63) is 0 Å². The van der Waals surface area contributed by atoms with Gasteiger partial charge in [0.1, 0.15) is 0 Å². The van der Waals surface area contributed by atoms with E-state index in [0.717, 1.165) is 19.4 Å². The first kappa shape index (κ1) is 8.02. The summed E-state index contributed by atoms with van der Waals surface area (Å²) in [5.74, 6) is 0.322. The van der Waals surface area contributed by atoms with Crippen molar-refractivity contribution < 1.29 is 9.84 Å². The summed E-state index contributed by atoms with van der Waals surface area (Å²) in [7, 11) is 0. The monoisotopic (exact) mass is 144 g/mol. The fraction of sp³-hybridized carbons (Fsp3) is 1.00. The smallest absolute Gasteiger partial charge is 0.0612 e. The highest BCUT2D eigenvalue weighted by Crippen LogP contribution is 2.20. The molecule has 60 valence electrons. The van der Waals surface area contributed by atoms with Crippen LogP contribution in [0.2, 0.25) is 0 Å². The average molecular weight is 144 g/mol. The van der Waals surface area contributed by atoms with Crippen molar-refractivity contribution in [1.29, 1.82) is 0 Å². The van der Waals surface area contributed by atoms with Crippen LogP contribution in [-0.2, 0) is 4.74 Å². The third-order valence-electron chi connectivity index (χ3n) is 2.21. The van der Waals surface area contributed by atoms with Crippen LogP contribution in [-0.4, -0.2) is 23.9 Å². The first-order valence-electron chi connectivity index (χ1n) is 4.03. The molecule has 0 aromatic carbocycles. The number of aliphatic hydroxyl groups is 1. The van der Waals surface area contributed by atoms with Gasteiger partial charge in [-0.2, -0.15) is 0 Å². The van der Waals surface area contributed by atoms with Crippen LogP contribution < -0.4 is 0 Å². The molecule has 0 amide bonds. The first-order valence-corrected chi connectivity index (χ1v) is 4.03. The molecule has 2 heteroatoms. The maximum atomic E-state index is 9.40. The van der Waals surface area contributed by atoms with E-state index < -0.39 is 0 Å². The Morgan fingerprint density at radius 1 is 1.60 bits per heavy atom. The minimum Gasteiger partial charge on any atom is -0.393 e. The van der Waals surface area contributed by atoms with Crippen molar-refractivity contribution in [2.24, 2.45) is 5.92 Å². The summed E-state index contributed by atoms with van der Waals surface area (Å²) in [5.41, 5.74) is 0. The van der Waals surface area contributed by atoms with Gasteiger partial charge in [0.05, 0.1) is 18.8 Å². The lowest BCUT2D eigenvalue weighted by atomic mass is 9.96. The molecule has 0 bridgehead atoms. The lowest BCUT2D eigenvalue weighted by molar-refractivity contribution is -0.0780. The van der Waals surface area contributed by atoms with Gasteiger partial charge < -0.3 is 9.84 Å². The molecule has 1 heterocycles. The lowest BCUT2D eigenvalue weighted by Gasteiger charge is -2.30. The Balaban J connectivity index is 2.33. The van der Waals surface area contributed by atoms with E-state index in [1.165, 1.54) is 0 Å². The Morgan fingerprint density at radius 2 is 2.30 bits per heavy atom. The molecule has 3 atom stereocenters. The Bertz CT molecular complexity index is 103. The molecular weight excluding hydrogens is 128 g/mol. The van der Waals surface area contributed by atoms with Gasteiger partial charge in [-0.25, -0.2) is 0 Å². The first-order chi connectivity index (χ1) is 4.74. The molecule has 1 saturated heterocycles. The highest BCUT2D eigenvalue weighted by atomic mass is 16.5. The second-order valence-electron chi connectivity index (χ2n) is 3.14. The molecule has 1 N–H and O–H groups in total. The molecule has 0 unspecified atom stereocenters. The van der Waals surface area contributed by atoms with E-state index in [1.807, 2.05) is 6.92 Å². The standard InChI is InChI=1S/C8H16O2/c1-3-7-4-8(9)6(2)5-10-7/h6-9H,3-5H2,1-2H3/t6-,7-,8-/m0/s1. The number of hydrogen-bond acceptors (Lipinski definition) is 2. The van der Waals surface area contributed by atoms with Crippen LogP contribution in [0.3, 0.4) is 0 Å². The predicted molar refractivity (Wildman–Crippen MR) is 39.8 cm³/mol. The third-order valence-corrected chi connectivity index (χ3v) is 2.21. The summed E-state index contributed by atoms with van der Waals surface area (Å²) < 4.78 is 5.45. The minimum absolute atomic E-state index is 0.140. The van der Waals surface area contributed by atoms with Crippen molar-refractivity contribution in [2.45, 2.75) is 38.9 Å². The van der Waals surface area contributed by atoms with Gasteiger partial charge in [-0.3, -0.25) is 0 Å². The Kier molecular flexibility index (Phi) is 2.69. The van der Waals surface area contributed by atoms with Crippen LogP contribution in [0.25, 0.3) is 0 Å². The highest BCUT2D eigenvalue weighted by Gasteiger charge is 2.25. The summed E-state index contributed by atoms with van der Waals surface area (Å²) in [5, 5.41) is 9.40. The van der Waals surface area contributed by atoms with Gasteiger partial charge in [-0.15, -0.1) is 0 Å². The molecule has 1 aliphatic heterocycles. The van der Waals surface area contributed by atoms with Gasteiger partial charge in [0.25, 0.3) is 0 Å². The van der Waals surface area contributed by atoms with E-state index in [-0.39, 0.29) is 6.10 Å². The molecule has 10 heavy (non-hydrogen) atoms. The van der Waals surface area contributed by atoms with Crippen LogP contribution >= 0.6 is 0 Å². The summed E-state index contributed by atoms with van der Waals surface area (Å²) in [6.07, 6.45) is 1.99. The molecular formula is C8H16O2. The topological polar surface area (TPSA) is 29.5 Å². The van der Waals surface area contributed by atoms with Crippen molar-refractivity contribution in [3.8, 4) is 0 Å². The van der Waals surface area contributed by atoms with Gasteiger partial charge in [0.15, 0.2) is 0 Å². The van der Waals surface area contributed by atoms with Crippen LogP contribution in [0, 0.1) is 5.92 Å². The molecule has 1 aliphatic rings. The quantitative estimate of drug-likeness (QED) is 0.599. The van der Waals surface area contributed by atoms with Crippen molar-refractivity contribution >= 4 is 0 Å². The molecule has 0 radical (unpaired) electrons. The maximum Gasteiger partial charge on any atom is 0.0612 e. The van der Waals surface area contributed by atoms with E-state index in [1.54, 1.807) is 0 Å². The Hall–Kier alpha value is -0.0800. The summed E-state index contributed by atoms with van der Waals surface area (Å²) in [6.45, 7) is 4.84. The maximum absolute atomic E-state index is 9.40. The number of rotatable bonds is 1. The molecule has 0 aromatic heterocycles. The van der Waals surface area contributed by atoms with E-state index >= 15 is 0 Å². The van der Waals surface area contributed by atoms with Gasteiger partial charge in [-0.05, 0) is 12.8 Å². The fourth-order valence-corrected chi connectivity index (χ4v) is 1.25. The predicted octanol–water partition coefficient (Wildman–Crippen LogP) is 1.18. The van der Waals surface area contributed by atoms with Gasteiger partial charge >= 0.3 is 0 Å². The highest BCUT2D eigenvalue weighted by molar-refractivity contribution is 4.74. The van der Waals surface area contributed by atoms with Crippen LogP contribution in [0.15, 0.2) is 0 Å². The minimum atomic E-state index is -0.140. The number of aliphatic hydroxyl groups excluding tert-OH is 1. The lowest BCUT2D eigenvalue weighted by Crippen LogP contribution is -2.35. The molecule has 2 nitrogen and oxygen atoms in total. The molecule has 0 aromatic rings.